The van der Waals surface area contributed by atoms with E-state index < -0.39 is 4.92 Å². The Balaban J connectivity index is 2.97. The number of nitrogens with zero attached hydrogens (tertiary/aromatic N) is 1. The van der Waals surface area contributed by atoms with E-state index in [-0.39, 0.29) is 11.4 Å². The molecule has 0 fully saturated rings. The maximum Gasteiger partial charge on any atom is 0.311 e. The van der Waals surface area contributed by atoms with E-state index >= 15 is 0 Å². The lowest BCUT2D eigenvalue weighted by Gasteiger charge is -2.05. The van der Waals surface area contributed by atoms with Crippen LogP contribution in [0.5, 0.6) is 5.75 Å². The summed E-state index contributed by atoms with van der Waals surface area (Å²) in [5, 5.41) is 10.6. The minimum atomic E-state index is -0.482. The molecule has 2 N–H and O–H groups in total. The van der Waals surface area contributed by atoms with Crippen LogP contribution in [0.15, 0.2) is 18.2 Å². The number of benzene rings is 1. The average molecular weight is 196 g/mol. The van der Waals surface area contributed by atoms with Gasteiger partial charge in [0.25, 0.3) is 0 Å². The third-order valence-electron chi connectivity index (χ3n) is 1.64. The molecule has 0 aliphatic rings. The standard InChI is InChI=1S/C9H12N2O3/c1-2-5-14-9-6-7(10)3-4-8(9)11(12)13/h3-4,6H,2,5,10H2,1H3. The third kappa shape index (κ3) is 2.35. The number of hydrogen-bond donors (Lipinski definition) is 1. The van der Waals surface area contributed by atoms with Gasteiger partial charge in [-0.05, 0) is 12.5 Å². The monoisotopic (exact) mass is 196 g/mol. The number of rotatable bonds is 4. The van der Waals surface area contributed by atoms with E-state index in [9.17, 15) is 10.1 Å². The molecule has 5 heteroatoms. The Kier molecular flexibility index (Phi) is 3.28. The molecule has 0 bridgehead atoms. The van der Waals surface area contributed by atoms with Crippen molar-refractivity contribution in [1.29, 1.82) is 0 Å². The highest BCUT2D eigenvalue weighted by atomic mass is 16.6. The van der Waals surface area contributed by atoms with Crippen molar-refractivity contribution in [3.63, 3.8) is 0 Å². The summed E-state index contributed by atoms with van der Waals surface area (Å²) in [5.74, 6) is 0.233. The molecule has 1 aromatic rings. The second kappa shape index (κ2) is 4.45. The Bertz CT molecular complexity index is 339. The van der Waals surface area contributed by atoms with Crippen LogP contribution in [-0.4, -0.2) is 11.5 Å². The first-order chi connectivity index (χ1) is 6.65. The highest BCUT2D eigenvalue weighted by molar-refractivity contribution is 5.55. The molecule has 5 nitrogen and oxygen atoms in total. The van der Waals surface area contributed by atoms with Crippen LogP contribution >= 0.6 is 0 Å². The molecule has 1 aromatic carbocycles. The van der Waals surface area contributed by atoms with Gasteiger partial charge in [-0.3, -0.25) is 10.1 Å². The van der Waals surface area contributed by atoms with Crippen LogP contribution in [0.4, 0.5) is 11.4 Å². The Hall–Kier alpha value is -1.78. The largest absolute Gasteiger partial charge is 0.487 e. The number of nitro groups is 1. The zero-order valence-electron chi connectivity index (χ0n) is 7.90. The van der Waals surface area contributed by atoms with Gasteiger partial charge in [-0.1, -0.05) is 6.92 Å². The van der Waals surface area contributed by atoms with Crippen LogP contribution < -0.4 is 10.5 Å². The predicted molar refractivity (Wildman–Crippen MR) is 53.3 cm³/mol. The molecule has 0 saturated heterocycles. The molecular weight excluding hydrogens is 184 g/mol. The summed E-state index contributed by atoms with van der Waals surface area (Å²) in [6, 6.07) is 4.30. The molecule has 0 aliphatic heterocycles. The van der Waals surface area contributed by atoms with Crippen molar-refractivity contribution in [3.8, 4) is 5.75 Å². The predicted octanol–water partition coefficient (Wildman–Crippen LogP) is 1.97. The summed E-state index contributed by atoms with van der Waals surface area (Å²) in [7, 11) is 0. The summed E-state index contributed by atoms with van der Waals surface area (Å²) in [5.41, 5.74) is 5.91. The van der Waals surface area contributed by atoms with E-state index in [1.807, 2.05) is 6.92 Å². The molecule has 0 aromatic heterocycles. The fourth-order valence-corrected chi connectivity index (χ4v) is 1.01. The van der Waals surface area contributed by atoms with Gasteiger partial charge in [-0.25, -0.2) is 0 Å². The Morgan fingerprint density at radius 1 is 1.57 bits per heavy atom. The summed E-state index contributed by atoms with van der Waals surface area (Å²) in [4.78, 5) is 10.1. The fourth-order valence-electron chi connectivity index (χ4n) is 1.01. The summed E-state index contributed by atoms with van der Waals surface area (Å²) >= 11 is 0. The van der Waals surface area contributed by atoms with E-state index in [1.165, 1.54) is 18.2 Å². The minimum absolute atomic E-state index is 0.0485. The molecule has 1 rings (SSSR count). The molecule has 14 heavy (non-hydrogen) atoms. The lowest BCUT2D eigenvalue weighted by atomic mass is 10.2. The second-order valence-electron chi connectivity index (χ2n) is 2.83. The van der Waals surface area contributed by atoms with E-state index in [4.69, 9.17) is 10.5 Å². The molecule has 0 unspecified atom stereocenters. The highest BCUT2D eigenvalue weighted by Crippen LogP contribution is 2.28. The maximum atomic E-state index is 10.6. The number of anilines is 1. The molecule has 0 spiro atoms. The van der Waals surface area contributed by atoms with Gasteiger partial charge in [-0.15, -0.1) is 0 Å². The lowest BCUT2D eigenvalue weighted by molar-refractivity contribution is -0.385. The molecule has 0 atom stereocenters. The van der Waals surface area contributed by atoms with Gasteiger partial charge in [0.15, 0.2) is 5.75 Å². The first kappa shape index (κ1) is 10.3. The van der Waals surface area contributed by atoms with Gasteiger partial charge in [0.1, 0.15) is 0 Å². The van der Waals surface area contributed by atoms with Gasteiger partial charge in [0.05, 0.1) is 11.5 Å². The van der Waals surface area contributed by atoms with Crippen molar-refractivity contribution in [2.24, 2.45) is 0 Å². The number of nitrogen functional groups attached to an aromatic ring is 1. The number of nitro benzene ring substituents is 1. The third-order valence-corrected chi connectivity index (χ3v) is 1.64. The van der Waals surface area contributed by atoms with Crippen molar-refractivity contribution < 1.29 is 9.66 Å². The summed E-state index contributed by atoms with van der Waals surface area (Å²) in [6.45, 7) is 2.38. The van der Waals surface area contributed by atoms with Crippen molar-refractivity contribution >= 4 is 11.4 Å². The van der Waals surface area contributed by atoms with Gasteiger partial charge >= 0.3 is 5.69 Å². The smallest absolute Gasteiger partial charge is 0.311 e. The SMILES string of the molecule is CCCOc1cc(N)ccc1[N+](=O)[O-]. The number of hydrogen-bond acceptors (Lipinski definition) is 4. The van der Waals surface area contributed by atoms with Gasteiger partial charge in [0, 0.05) is 17.8 Å². The first-order valence-corrected chi connectivity index (χ1v) is 4.32. The lowest BCUT2D eigenvalue weighted by Crippen LogP contribution is -2.00. The molecule has 0 saturated carbocycles. The molecule has 0 heterocycles. The van der Waals surface area contributed by atoms with Crippen LogP contribution in [0.2, 0.25) is 0 Å². The molecule has 0 radical (unpaired) electrons. The van der Waals surface area contributed by atoms with Crippen molar-refractivity contribution in [2.45, 2.75) is 13.3 Å². The first-order valence-electron chi connectivity index (χ1n) is 4.32. The Morgan fingerprint density at radius 3 is 2.86 bits per heavy atom. The summed E-state index contributed by atoms with van der Waals surface area (Å²) in [6.07, 6.45) is 0.798. The van der Waals surface area contributed by atoms with Crippen LogP contribution in [-0.2, 0) is 0 Å². The quantitative estimate of drug-likeness (QED) is 0.453. The second-order valence-corrected chi connectivity index (χ2v) is 2.83. The van der Waals surface area contributed by atoms with Crippen molar-refractivity contribution in [3.05, 3.63) is 28.3 Å². The van der Waals surface area contributed by atoms with E-state index in [0.29, 0.717) is 12.3 Å². The highest BCUT2D eigenvalue weighted by Gasteiger charge is 2.14. The van der Waals surface area contributed by atoms with E-state index in [0.717, 1.165) is 6.42 Å². The van der Waals surface area contributed by atoms with Gasteiger partial charge in [0.2, 0.25) is 0 Å². The van der Waals surface area contributed by atoms with Crippen LogP contribution in [0.1, 0.15) is 13.3 Å². The molecule has 0 amide bonds. The Labute approximate surface area is 81.6 Å². The minimum Gasteiger partial charge on any atom is -0.487 e. The van der Waals surface area contributed by atoms with Crippen LogP contribution in [0, 0.1) is 10.1 Å². The van der Waals surface area contributed by atoms with E-state index in [1.54, 1.807) is 0 Å². The normalized spacial score (nSPS) is 9.79. The van der Waals surface area contributed by atoms with Crippen LogP contribution in [0.25, 0.3) is 0 Å². The van der Waals surface area contributed by atoms with Crippen molar-refractivity contribution in [2.75, 3.05) is 12.3 Å². The maximum absolute atomic E-state index is 10.6. The van der Waals surface area contributed by atoms with Gasteiger partial charge < -0.3 is 10.5 Å². The zero-order chi connectivity index (χ0) is 10.6. The molecule has 76 valence electrons. The number of ether oxygens (including phenoxy) is 1. The average Bonchev–Trinajstić information content (AvgIpc) is 2.14. The fraction of sp³-hybridized carbons (Fsp3) is 0.333. The Morgan fingerprint density at radius 2 is 2.29 bits per heavy atom. The van der Waals surface area contributed by atoms with E-state index in [2.05, 4.69) is 0 Å². The number of nitrogens with two attached hydrogens (primary N) is 1. The van der Waals surface area contributed by atoms with Crippen LogP contribution in [0.3, 0.4) is 0 Å². The topological polar surface area (TPSA) is 78.4 Å². The zero-order valence-corrected chi connectivity index (χ0v) is 7.90. The van der Waals surface area contributed by atoms with Gasteiger partial charge in [-0.2, -0.15) is 0 Å². The van der Waals surface area contributed by atoms with Crippen molar-refractivity contribution in [1.82, 2.24) is 0 Å². The molecular formula is C9H12N2O3. The molecule has 0 aliphatic carbocycles. The summed E-state index contributed by atoms with van der Waals surface area (Å²) < 4.78 is 5.21.